The van der Waals surface area contributed by atoms with Crippen molar-refractivity contribution in [2.24, 2.45) is 0 Å². The second kappa shape index (κ2) is 16.8. The Kier molecular flexibility index (Phi) is 13.2. The van der Waals surface area contributed by atoms with Gasteiger partial charge in [0.2, 0.25) is 5.91 Å². The highest BCUT2D eigenvalue weighted by Crippen LogP contribution is 2.31. The fourth-order valence-corrected chi connectivity index (χ4v) is 5.19. The molecule has 0 atom stereocenters. The van der Waals surface area contributed by atoms with Crippen LogP contribution in [0.15, 0.2) is 71.1 Å². The number of sulfone groups is 1. The number of alkyl halides is 3. The number of nitrogens with zero attached hydrogens (tertiary/aromatic N) is 2. The predicted octanol–water partition coefficient (Wildman–Crippen LogP) is 5.29. The second-order valence-corrected chi connectivity index (χ2v) is 12.8. The van der Waals surface area contributed by atoms with E-state index in [1.807, 2.05) is 26.0 Å². The molecule has 0 radical (unpaired) electrons. The Morgan fingerprint density at radius 2 is 1.73 bits per heavy atom. The molecule has 2 heterocycles. The fourth-order valence-electron chi connectivity index (χ4n) is 3.85. The SMILES string of the molecule is CCOCCNC(=O)Cc1csc(NC(=O)c2cc(Oc3ccc(S(C)(=O)=O)cc3)cc(-c3ncccc3C)c2)n1.O=C(O)C(F)(F)F. The number of benzene rings is 2. The normalized spacial score (nSPS) is 11.2. The number of hydrogen-bond acceptors (Lipinski definition) is 10. The molecule has 4 aromatic rings. The number of amides is 2. The molecule has 0 aliphatic heterocycles. The van der Waals surface area contributed by atoms with E-state index in [-0.39, 0.29) is 17.2 Å². The van der Waals surface area contributed by atoms with E-state index >= 15 is 0 Å². The molecular weight excluding hydrogens is 677 g/mol. The van der Waals surface area contributed by atoms with Crippen LogP contribution in [0.1, 0.15) is 28.5 Å². The third kappa shape index (κ3) is 11.7. The molecule has 0 unspecified atom stereocenters. The van der Waals surface area contributed by atoms with Crippen LogP contribution in [0.2, 0.25) is 0 Å². The van der Waals surface area contributed by atoms with Gasteiger partial charge in [-0.05, 0) is 67.9 Å². The second-order valence-electron chi connectivity index (χ2n) is 9.89. The number of aromatic nitrogens is 2. The molecule has 2 aromatic heterocycles. The number of nitrogens with one attached hydrogen (secondary N) is 2. The topological polar surface area (TPSA) is 174 Å². The van der Waals surface area contributed by atoms with E-state index in [0.717, 1.165) is 11.8 Å². The summed E-state index contributed by atoms with van der Waals surface area (Å²) >= 11 is 1.22. The summed E-state index contributed by atoms with van der Waals surface area (Å²) in [5, 5.41) is 14.8. The first-order chi connectivity index (χ1) is 22.6. The van der Waals surface area contributed by atoms with Crippen LogP contribution in [0.25, 0.3) is 11.3 Å². The van der Waals surface area contributed by atoms with Gasteiger partial charge in [-0.3, -0.25) is 19.9 Å². The zero-order valence-corrected chi connectivity index (χ0v) is 27.5. The van der Waals surface area contributed by atoms with Gasteiger partial charge in [-0.15, -0.1) is 11.3 Å². The number of aliphatic carboxylic acids is 1. The quantitative estimate of drug-likeness (QED) is 0.164. The van der Waals surface area contributed by atoms with Crippen LogP contribution >= 0.6 is 11.3 Å². The summed E-state index contributed by atoms with van der Waals surface area (Å²) in [5.41, 5.74) is 3.12. The number of carbonyl (C=O) groups excluding carboxylic acids is 2. The summed E-state index contributed by atoms with van der Waals surface area (Å²) in [6.45, 7) is 5.25. The Labute approximate surface area is 277 Å². The van der Waals surface area contributed by atoms with E-state index < -0.39 is 27.9 Å². The van der Waals surface area contributed by atoms with Gasteiger partial charge in [0.1, 0.15) is 11.5 Å². The molecule has 4 rings (SSSR count). The van der Waals surface area contributed by atoms with Crippen LogP contribution < -0.4 is 15.4 Å². The van der Waals surface area contributed by atoms with Crippen molar-refractivity contribution in [3.63, 3.8) is 0 Å². The predicted molar refractivity (Wildman–Crippen MR) is 171 cm³/mol. The summed E-state index contributed by atoms with van der Waals surface area (Å²) in [6.07, 6.45) is -2.19. The van der Waals surface area contributed by atoms with Gasteiger partial charge >= 0.3 is 12.1 Å². The molecule has 2 aromatic carbocycles. The molecule has 3 N–H and O–H groups in total. The number of hydrogen-bond donors (Lipinski definition) is 3. The van der Waals surface area contributed by atoms with Crippen LogP contribution in [0, 0.1) is 6.92 Å². The summed E-state index contributed by atoms with van der Waals surface area (Å²) < 4.78 is 66.6. The summed E-state index contributed by atoms with van der Waals surface area (Å²) in [4.78, 5) is 43.4. The van der Waals surface area contributed by atoms with Crippen LogP contribution in [0.5, 0.6) is 11.5 Å². The lowest BCUT2D eigenvalue weighted by Gasteiger charge is -2.12. The van der Waals surface area contributed by atoms with E-state index in [9.17, 15) is 31.2 Å². The Balaban J connectivity index is 0.000000804. The van der Waals surface area contributed by atoms with Crippen molar-refractivity contribution < 1.29 is 50.6 Å². The molecule has 0 fully saturated rings. The first kappa shape index (κ1) is 37.6. The number of halogens is 3. The molecule has 12 nitrogen and oxygen atoms in total. The van der Waals surface area contributed by atoms with Crippen molar-refractivity contribution in [1.29, 1.82) is 0 Å². The van der Waals surface area contributed by atoms with E-state index in [1.165, 1.54) is 23.5 Å². The molecule has 2 amide bonds. The molecule has 0 saturated carbocycles. The zero-order chi connectivity index (χ0) is 35.5. The van der Waals surface area contributed by atoms with E-state index in [4.69, 9.17) is 19.4 Å². The van der Waals surface area contributed by atoms with Crippen LogP contribution in [-0.4, -0.2) is 73.5 Å². The maximum Gasteiger partial charge on any atom is 0.490 e. The Morgan fingerprint density at radius 3 is 2.33 bits per heavy atom. The number of anilines is 1. The van der Waals surface area contributed by atoms with Crippen molar-refractivity contribution in [3.05, 3.63) is 83.0 Å². The van der Waals surface area contributed by atoms with Crippen LogP contribution in [0.3, 0.4) is 0 Å². The molecule has 0 saturated heterocycles. The van der Waals surface area contributed by atoms with Crippen molar-refractivity contribution in [2.75, 3.05) is 31.3 Å². The molecule has 0 aliphatic rings. The van der Waals surface area contributed by atoms with Gasteiger partial charge in [0.15, 0.2) is 15.0 Å². The lowest BCUT2D eigenvalue weighted by atomic mass is 10.0. The summed E-state index contributed by atoms with van der Waals surface area (Å²) in [6, 6.07) is 14.8. The van der Waals surface area contributed by atoms with E-state index in [1.54, 1.807) is 41.9 Å². The average molecular weight is 709 g/mol. The Morgan fingerprint density at radius 1 is 1.04 bits per heavy atom. The Hall–Kier alpha value is -4.87. The number of carboxylic acids is 1. The minimum Gasteiger partial charge on any atom is -0.475 e. The largest absolute Gasteiger partial charge is 0.490 e. The zero-order valence-electron chi connectivity index (χ0n) is 25.8. The standard InChI is InChI=1S/C29H30N4O6S2.C2HF3O2/c1-4-38-13-12-30-26(34)17-22-18-40-29(32-22)33-28(35)21-14-20(27-19(2)6-5-11-31-27)15-24(16-21)39-23-7-9-25(10-8-23)41(3,36)37;3-2(4,5)1(6)7/h5-11,14-16,18H,4,12-13,17H2,1-3H3,(H,30,34)(H,32,33,35);(H,6,7). The number of carbonyl (C=O) groups is 3. The molecule has 0 bridgehead atoms. The van der Waals surface area contributed by atoms with E-state index in [0.29, 0.717) is 58.9 Å². The third-order valence-electron chi connectivity index (χ3n) is 6.07. The van der Waals surface area contributed by atoms with Crippen molar-refractivity contribution in [2.45, 2.75) is 31.3 Å². The minimum atomic E-state index is -5.08. The van der Waals surface area contributed by atoms with Crippen LogP contribution in [-0.2, 0) is 30.6 Å². The molecular formula is C31H31F3N4O8S2. The highest BCUT2D eigenvalue weighted by molar-refractivity contribution is 7.90. The van der Waals surface area contributed by atoms with Crippen molar-refractivity contribution >= 4 is 44.1 Å². The van der Waals surface area contributed by atoms with Crippen LogP contribution in [0.4, 0.5) is 18.3 Å². The van der Waals surface area contributed by atoms with Gasteiger partial charge in [0, 0.05) is 42.1 Å². The maximum atomic E-state index is 13.3. The molecule has 0 aliphatic carbocycles. The lowest BCUT2D eigenvalue weighted by Crippen LogP contribution is -2.28. The third-order valence-corrected chi connectivity index (χ3v) is 8.00. The number of pyridine rings is 1. The van der Waals surface area contributed by atoms with Gasteiger partial charge in [0.25, 0.3) is 5.91 Å². The summed E-state index contributed by atoms with van der Waals surface area (Å²) in [5.74, 6) is -2.58. The lowest BCUT2D eigenvalue weighted by molar-refractivity contribution is -0.192. The number of carboxylic acid groups (broad SMARTS) is 1. The van der Waals surface area contributed by atoms with Gasteiger partial charge in [-0.25, -0.2) is 18.2 Å². The molecule has 256 valence electrons. The van der Waals surface area contributed by atoms with Gasteiger partial charge < -0.3 is 19.9 Å². The van der Waals surface area contributed by atoms with Crippen molar-refractivity contribution in [1.82, 2.24) is 15.3 Å². The molecule has 17 heteroatoms. The highest BCUT2D eigenvalue weighted by Gasteiger charge is 2.38. The minimum absolute atomic E-state index is 0.0864. The van der Waals surface area contributed by atoms with Gasteiger partial charge in [-0.2, -0.15) is 13.2 Å². The monoisotopic (exact) mass is 708 g/mol. The number of rotatable bonds is 12. The van der Waals surface area contributed by atoms with Gasteiger partial charge in [0.05, 0.1) is 29.3 Å². The summed E-state index contributed by atoms with van der Waals surface area (Å²) in [7, 11) is -3.35. The molecule has 48 heavy (non-hydrogen) atoms. The first-order valence-electron chi connectivity index (χ1n) is 14.0. The smallest absolute Gasteiger partial charge is 0.475 e. The number of aryl methyl sites for hydroxylation is 1. The van der Waals surface area contributed by atoms with E-state index in [2.05, 4.69) is 20.6 Å². The highest BCUT2D eigenvalue weighted by atomic mass is 32.2. The molecule has 0 spiro atoms. The maximum absolute atomic E-state index is 13.3. The average Bonchev–Trinajstić information content (AvgIpc) is 3.45. The number of thiazole rings is 1. The first-order valence-corrected chi connectivity index (χ1v) is 16.8. The number of ether oxygens (including phenoxy) is 2. The fraction of sp³-hybridized carbons (Fsp3) is 0.258. The Bertz CT molecular complexity index is 1850. The van der Waals surface area contributed by atoms with Gasteiger partial charge in [-0.1, -0.05) is 6.07 Å². The van der Waals surface area contributed by atoms with Crippen molar-refractivity contribution in [3.8, 4) is 22.8 Å².